The zero-order valence-corrected chi connectivity index (χ0v) is 14.3. The summed E-state index contributed by atoms with van der Waals surface area (Å²) >= 11 is 0. The zero-order chi connectivity index (χ0) is 18.8. The van der Waals surface area contributed by atoms with Gasteiger partial charge < -0.3 is 19.9 Å². The maximum absolute atomic E-state index is 12.6. The molecular weight excluding hydrogens is 332 g/mol. The van der Waals surface area contributed by atoms with E-state index in [0.717, 1.165) is 0 Å². The van der Waals surface area contributed by atoms with Crippen molar-refractivity contribution >= 4 is 16.8 Å². The Morgan fingerprint density at radius 3 is 2.58 bits per heavy atom. The molecule has 26 heavy (non-hydrogen) atoms. The van der Waals surface area contributed by atoms with Crippen LogP contribution in [0.3, 0.4) is 0 Å². The fourth-order valence-electron chi connectivity index (χ4n) is 2.99. The molecule has 0 unspecified atom stereocenters. The van der Waals surface area contributed by atoms with Gasteiger partial charge in [0.05, 0.1) is 11.1 Å². The number of aliphatic hydroxyl groups excluding tert-OH is 2. The summed E-state index contributed by atoms with van der Waals surface area (Å²) in [5.74, 6) is -0.404. The molecule has 3 rings (SSSR count). The quantitative estimate of drug-likeness (QED) is 0.468. The van der Waals surface area contributed by atoms with E-state index in [1.165, 1.54) is 6.07 Å². The molecule has 2 atom stereocenters. The number of aromatic nitrogens is 2. The molecule has 2 aromatic carbocycles. The fraction of sp³-hybridized carbons (Fsp3) is 0.200. The zero-order valence-electron chi connectivity index (χ0n) is 14.3. The molecule has 0 fully saturated rings. The molecule has 0 radical (unpaired) electrons. The second-order valence-corrected chi connectivity index (χ2v) is 6.05. The van der Waals surface area contributed by atoms with E-state index >= 15 is 0 Å². The van der Waals surface area contributed by atoms with Crippen molar-refractivity contribution in [1.82, 2.24) is 9.55 Å². The first-order valence-corrected chi connectivity index (χ1v) is 8.20. The molecule has 3 aromatic rings. The number of fused-ring (bicyclic) bond motifs is 1. The number of Topliss-reactive ketones (excluding diaryl/α,β-unsaturated/α-hetero) is 1. The van der Waals surface area contributed by atoms with Crippen molar-refractivity contribution in [3.8, 4) is 5.75 Å². The topological polar surface area (TPSA) is 95.6 Å². The third-order valence-corrected chi connectivity index (χ3v) is 4.37. The Balaban J connectivity index is 1.98. The van der Waals surface area contributed by atoms with E-state index in [0.29, 0.717) is 23.4 Å². The summed E-state index contributed by atoms with van der Waals surface area (Å²) in [4.78, 5) is 16.9. The lowest BCUT2D eigenvalue weighted by atomic mass is 9.96. The molecule has 6 heteroatoms. The molecule has 1 heterocycles. The third-order valence-electron chi connectivity index (χ3n) is 4.37. The number of carbonyl (C=O) groups excluding carboxylic acids is 1. The molecule has 0 aliphatic rings. The molecule has 0 saturated heterocycles. The van der Waals surface area contributed by atoms with Crippen molar-refractivity contribution in [3.63, 3.8) is 0 Å². The minimum absolute atomic E-state index is 0.0803. The van der Waals surface area contributed by atoms with E-state index in [-0.39, 0.29) is 16.8 Å². The van der Waals surface area contributed by atoms with Gasteiger partial charge in [-0.3, -0.25) is 4.79 Å². The average Bonchev–Trinajstić information content (AvgIpc) is 2.98. The monoisotopic (exact) mass is 352 g/mol. The van der Waals surface area contributed by atoms with Gasteiger partial charge in [0.1, 0.15) is 23.5 Å². The van der Waals surface area contributed by atoms with Gasteiger partial charge in [0.25, 0.3) is 0 Å². The lowest BCUT2D eigenvalue weighted by Crippen LogP contribution is -2.28. The number of aromatic hydroxyl groups is 1. The van der Waals surface area contributed by atoms with E-state index in [2.05, 4.69) is 11.6 Å². The summed E-state index contributed by atoms with van der Waals surface area (Å²) in [6, 6.07) is 11.5. The summed E-state index contributed by atoms with van der Waals surface area (Å²) in [7, 11) is 0. The minimum Gasteiger partial charge on any atom is -0.505 e. The van der Waals surface area contributed by atoms with Gasteiger partial charge in [-0.25, -0.2) is 4.98 Å². The fourth-order valence-corrected chi connectivity index (χ4v) is 2.99. The number of phenolic OH excluding ortho intramolecular Hbond substituents is 1. The van der Waals surface area contributed by atoms with Crippen molar-refractivity contribution in [2.45, 2.75) is 25.7 Å². The molecule has 0 spiro atoms. The van der Waals surface area contributed by atoms with Crippen LogP contribution in [0.1, 0.15) is 27.8 Å². The third kappa shape index (κ3) is 3.00. The number of hydrogen-bond donors (Lipinski definition) is 3. The maximum atomic E-state index is 12.6. The highest BCUT2D eigenvalue weighted by molar-refractivity contribution is 6.05. The number of allylic oxidation sites excluding steroid dienone is 1. The molecular formula is C20H20N2O4. The first kappa shape index (κ1) is 17.8. The normalized spacial score (nSPS) is 13.5. The van der Waals surface area contributed by atoms with Crippen LogP contribution < -0.4 is 0 Å². The lowest BCUT2D eigenvalue weighted by molar-refractivity contribution is 0.0202. The molecule has 0 aliphatic heterocycles. The number of ketones is 1. The van der Waals surface area contributed by atoms with Crippen molar-refractivity contribution in [2.75, 3.05) is 0 Å². The van der Waals surface area contributed by atoms with E-state index in [4.69, 9.17) is 0 Å². The number of benzene rings is 2. The van der Waals surface area contributed by atoms with Crippen LogP contribution in [0.5, 0.6) is 5.75 Å². The van der Waals surface area contributed by atoms with Crippen LogP contribution in [0.2, 0.25) is 0 Å². The summed E-state index contributed by atoms with van der Waals surface area (Å²) in [5.41, 5.74) is 1.27. The Morgan fingerprint density at radius 2 is 1.92 bits per heavy atom. The molecule has 0 bridgehead atoms. The van der Waals surface area contributed by atoms with Gasteiger partial charge >= 0.3 is 0 Å². The Morgan fingerprint density at radius 1 is 1.23 bits per heavy atom. The summed E-state index contributed by atoms with van der Waals surface area (Å²) in [6.07, 6.45) is -1.37. The van der Waals surface area contributed by atoms with Crippen molar-refractivity contribution in [1.29, 1.82) is 0 Å². The number of imidazole rings is 1. The van der Waals surface area contributed by atoms with Crippen LogP contribution in [0.15, 0.2) is 55.1 Å². The molecule has 1 aromatic heterocycles. The smallest absolute Gasteiger partial charge is 0.198 e. The number of phenols is 1. The van der Waals surface area contributed by atoms with Crippen LogP contribution in [-0.2, 0) is 6.54 Å². The molecule has 0 aliphatic carbocycles. The van der Waals surface area contributed by atoms with Gasteiger partial charge in [-0.1, -0.05) is 36.4 Å². The van der Waals surface area contributed by atoms with Crippen molar-refractivity contribution in [3.05, 3.63) is 72.1 Å². The molecule has 0 saturated carbocycles. The highest BCUT2D eigenvalue weighted by Crippen LogP contribution is 2.31. The van der Waals surface area contributed by atoms with Gasteiger partial charge in [-0.2, -0.15) is 0 Å². The largest absolute Gasteiger partial charge is 0.505 e. The highest BCUT2D eigenvalue weighted by Gasteiger charge is 2.29. The van der Waals surface area contributed by atoms with E-state index < -0.39 is 18.0 Å². The van der Waals surface area contributed by atoms with E-state index in [1.807, 2.05) is 4.57 Å². The van der Waals surface area contributed by atoms with Gasteiger partial charge in [0.2, 0.25) is 0 Å². The number of carbonyl (C=O) groups is 1. The number of rotatable bonds is 6. The van der Waals surface area contributed by atoms with Crippen LogP contribution in [-0.4, -0.2) is 36.8 Å². The summed E-state index contributed by atoms with van der Waals surface area (Å²) < 4.78 is 1.85. The summed E-state index contributed by atoms with van der Waals surface area (Å²) in [6.45, 7) is 6.01. The highest BCUT2D eigenvalue weighted by atomic mass is 16.3. The van der Waals surface area contributed by atoms with Crippen LogP contribution in [0.25, 0.3) is 11.0 Å². The van der Waals surface area contributed by atoms with Gasteiger partial charge in [-0.15, -0.1) is 6.58 Å². The van der Waals surface area contributed by atoms with Gasteiger partial charge in [0, 0.05) is 6.54 Å². The van der Waals surface area contributed by atoms with Gasteiger partial charge in [-0.05, 0) is 24.6 Å². The standard InChI is InChI=1S/C20H20N2O4/c1-3-11-22-12(2)21-16-15(22)10-9-14(18(16)24)19(25)20(26)17(23)13-7-5-4-6-8-13/h3-10,17,20,23-24,26H,1,11H2,2H3/t17-,20+/m0/s1. The SMILES string of the molecule is C=CCn1c(C)nc2c(O)c(C(=O)[C@H](O)[C@@H](O)c3ccccc3)ccc21. The van der Waals surface area contributed by atoms with Crippen LogP contribution in [0.4, 0.5) is 0 Å². The minimum atomic E-state index is -1.70. The van der Waals surface area contributed by atoms with Crippen LogP contribution in [0, 0.1) is 6.92 Å². The van der Waals surface area contributed by atoms with E-state index in [9.17, 15) is 20.1 Å². The van der Waals surface area contributed by atoms with Crippen molar-refractivity contribution < 1.29 is 20.1 Å². The van der Waals surface area contributed by atoms with E-state index in [1.54, 1.807) is 49.4 Å². The Hall–Kier alpha value is -2.96. The maximum Gasteiger partial charge on any atom is 0.198 e. The second-order valence-electron chi connectivity index (χ2n) is 6.05. The second kappa shape index (κ2) is 7.11. The molecule has 3 N–H and O–H groups in total. The predicted molar refractivity (Wildman–Crippen MR) is 98.1 cm³/mol. The van der Waals surface area contributed by atoms with Crippen LogP contribution >= 0.6 is 0 Å². The number of nitrogens with zero attached hydrogens (tertiary/aromatic N) is 2. The summed E-state index contributed by atoms with van der Waals surface area (Å²) in [5, 5.41) is 31.1. The molecule has 134 valence electrons. The first-order valence-electron chi connectivity index (χ1n) is 8.20. The lowest BCUT2D eigenvalue weighted by Gasteiger charge is -2.17. The Kier molecular flexibility index (Phi) is 4.88. The molecule has 0 amide bonds. The molecule has 6 nitrogen and oxygen atoms in total. The number of hydrogen-bond acceptors (Lipinski definition) is 5. The number of aryl methyl sites for hydroxylation is 1. The Bertz CT molecular complexity index is 963. The van der Waals surface area contributed by atoms with Crippen molar-refractivity contribution in [2.24, 2.45) is 0 Å². The first-order chi connectivity index (χ1) is 12.5. The number of aliphatic hydroxyl groups is 2. The Labute approximate surface area is 150 Å². The average molecular weight is 352 g/mol. The van der Waals surface area contributed by atoms with Gasteiger partial charge in [0.15, 0.2) is 11.5 Å². The predicted octanol–water partition coefficient (Wildman–Crippen LogP) is 2.51.